The van der Waals surface area contributed by atoms with Gasteiger partial charge in [0.05, 0.1) is 6.10 Å². The van der Waals surface area contributed by atoms with E-state index in [9.17, 15) is 15.0 Å². The van der Waals surface area contributed by atoms with E-state index in [-0.39, 0.29) is 46.7 Å². The van der Waals surface area contributed by atoms with Crippen LogP contribution in [0.1, 0.15) is 90.2 Å². The third-order valence-corrected chi connectivity index (χ3v) is 7.49. The average molecular weight is 428 g/mol. The predicted molar refractivity (Wildman–Crippen MR) is 121 cm³/mol. The first-order valence-electron chi connectivity index (χ1n) is 11.7. The molecule has 4 rings (SSSR count). The van der Waals surface area contributed by atoms with Gasteiger partial charge >= 0.3 is 0 Å². The summed E-state index contributed by atoms with van der Waals surface area (Å²) in [6.07, 6.45) is 6.33. The Balaban J connectivity index is 1.60. The van der Waals surface area contributed by atoms with E-state index in [1.54, 1.807) is 0 Å². The van der Waals surface area contributed by atoms with Gasteiger partial charge in [0, 0.05) is 29.0 Å². The molecule has 1 amide bonds. The van der Waals surface area contributed by atoms with Gasteiger partial charge in [-0.05, 0) is 75.5 Å². The number of hydrogen-bond acceptors (Lipinski definition) is 4. The molecule has 0 saturated heterocycles. The number of rotatable bonds is 2. The highest BCUT2D eigenvalue weighted by Crippen LogP contribution is 2.54. The van der Waals surface area contributed by atoms with E-state index in [0.717, 1.165) is 54.6 Å². The zero-order valence-corrected chi connectivity index (χ0v) is 19.5. The number of fused-ring (bicyclic) bond motifs is 3. The Labute approximate surface area is 185 Å². The van der Waals surface area contributed by atoms with Gasteiger partial charge in [-0.1, -0.05) is 26.8 Å². The number of aliphatic hydroxyl groups excluding tert-OH is 1. The molecule has 3 N–H and O–H groups in total. The molecule has 1 aromatic rings. The van der Waals surface area contributed by atoms with Crippen molar-refractivity contribution in [2.45, 2.75) is 102 Å². The van der Waals surface area contributed by atoms with Gasteiger partial charge in [-0.2, -0.15) is 0 Å². The maximum Gasteiger partial charge on any atom is 0.247 e. The van der Waals surface area contributed by atoms with E-state index >= 15 is 0 Å². The van der Waals surface area contributed by atoms with Gasteiger partial charge in [-0.25, -0.2) is 0 Å². The Kier molecular flexibility index (Phi) is 5.61. The van der Waals surface area contributed by atoms with E-state index < -0.39 is 0 Å². The molecule has 0 bridgehead atoms. The van der Waals surface area contributed by atoms with E-state index in [1.165, 1.54) is 0 Å². The minimum Gasteiger partial charge on any atom is -0.508 e. The van der Waals surface area contributed by atoms with Crippen LogP contribution in [-0.2, 0) is 10.2 Å². The van der Waals surface area contributed by atoms with Crippen molar-refractivity contribution in [2.24, 2.45) is 5.92 Å². The molecule has 5 nitrogen and oxygen atoms in total. The molecule has 31 heavy (non-hydrogen) atoms. The van der Waals surface area contributed by atoms with Gasteiger partial charge in [0.15, 0.2) is 0 Å². The van der Waals surface area contributed by atoms with Crippen LogP contribution in [0.25, 0.3) is 0 Å². The minimum absolute atomic E-state index is 0.00325. The Morgan fingerprint density at radius 2 is 1.84 bits per heavy atom. The fourth-order valence-electron chi connectivity index (χ4n) is 5.51. The summed E-state index contributed by atoms with van der Waals surface area (Å²) >= 11 is 0. The molecule has 1 aromatic carbocycles. The summed E-state index contributed by atoms with van der Waals surface area (Å²) in [6.45, 7) is 10.6. The summed E-state index contributed by atoms with van der Waals surface area (Å²) in [7, 11) is 0. The Bertz CT molecular complexity index is 887. The van der Waals surface area contributed by atoms with Crippen molar-refractivity contribution in [1.29, 1.82) is 0 Å². The molecule has 1 aliphatic heterocycles. The predicted octanol–water partition coefficient (Wildman–Crippen LogP) is 4.70. The molecule has 1 saturated carbocycles. The quantitative estimate of drug-likeness (QED) is 0.639. The Hall–Kier alpha value is -2.01. The van der Waals surface area contributed by atoms with Crippen LogP contribution >= 0.6 is 0 Å². The van der Waals surface area contributed by atoms with Crippen LogP contribution < -0.4 is 10.1 Å². The Morgan fingerprint density at radius 3 is 2.48 bits per heavy atom. The third kappa shape index (κ3) is 4.34. The number of carbonyl (C=O) groups is 1. The van der Waals surface area contributed by atoms with E-state index in [1.807, 2.05) is 6.07 Å². The SMILES string of the molecule is CC(C)(C)c1cc(O)c2c(c1)OC(C)(C)[C@@H]1CC=C(C(=O)NC3CCC(O)CC3)CC21. The molecule has 2 atom stereocenters. The number of allylic oxidation sites excluding steroid dienone is 1. The molecule has 2 aliphatic carbocycles. The summed E-state index contributed by atoms with van der Waals surface area (Å²) < 4.78 is 6.42. The molecule has 0 radical (unpaired) electrons. The lowest BCUT2D eigenvalue weighted by Crippen LogP contribution is -2.47. The van der Waals surface area contributed by atoms with Crippen molar-refractivity contribution in [3.8, 4) is 11.5 Å². The van der Waals surface area contributed by atoms with Crippen molar-refractivity contribution in [3.05, 3.63) is 34.9 Å². The molecule has 1 unspecified atom stereocenters. The van der Waals surface area contributed by atoms with Gasteiger partial charge in [-0.15, -0.1) is 0 Å². The first-order valence-corrected chi connectivity index (χ1v) is 11.7. The second kappa shape index (κ2) is 7.84. The van der Waals surface area contributed by atoms with Gasteiger partial charge in [0.1, 0.15) is 17.1 Å². The van der Waals surface area contributed by atoms with Crippen LogP contribution in [0.5, 0.6) is 11.5 Å². The van der Waals surface area contributed by atoms with Crippen molar-refractivity contribution < 1.29 is 19.7 Å². The number of carbonyl (C=O) groups excluding carboxylic acids is 1. The van der Waals surface area contributed by atoms with Gasteiger partial charge in [0.2, 0.25) is 5.91 Å². The minimum atomic E-state index is -0.376. The molecule has 1 fully saturated rings. The number of ether oxygens (including phenoxy) is 1. The molecular formula is C26H37NO4. The van der Waals surface area contributed by atoms with E-state index in [0.29, 0.717) is 6.42 Å². The number of phenols is 1. The first kappa shape index (κ1) is 22.2. The number of hydrogen-bond donors (Lipinski definition) is 3. The summed E-state index contributed by atoms with van der Waals surface area (Å²) in [6, 6.07) is 4.07. The highest BCUT2D eigenvalue weighted by atomic mass is 16.5. The number of aliphatic hydroxyl groups is 1. The smallest absolute Gasteiger partial charge is 0.247 e. The average Bonchev–Trinajstić information content (AvgIpc) is 2.67. The second-order valence-corrected chi connectivity index (χ2v) is 11.2. The van der Waals surface area contributed by atoms with Crippen molar-refractivity contribution in [3.63, 3.8) is 0 Å². The summed E-state index contributed by atoms with van der Waals surface area (Å²) in [4.78, 5) is 13.0. The molecular weight excluding hydrogens is 390 g/mol. The fraction of sp³-hybridized carbons (Fsp3) is 0.654. The van der Waals surface area contributed by atoms with Gasteiger partial charge in [0.25, 0.3) is 0 Å². The number of benzene rings is 1. The lowest BCUT2D eigenvalue weighted by atomic mass is 9.66. The van der Waals surface area contributed by atoms with Crippen molar-refractivity contribution in [1.82, 2.24) is 5.32 Å². The van der Waals surface area contributed by atoms with Crippen LogP contribution in [0.15, 0.2) is 23.8 Å². The van der Waals surface area contributed by atoms with Crippen molar-refractivity contribution in [2.75, 3.05) is 0 Å². The maximum atomic E-state index is 13.0. The van der Waals surface area contributed by atoms with Crippen LogP contribution in [0.2, 0.25) is 0 Å². The molecule has 5 heteroatoms. The lowest BCUT2D eigenvalue weighted by molar-refractivity contribution is -0.119. The van der Waals surface area contributed by atoms with Crippen LogP contribution in [0.3, 0.4) is 0 Å². The molecule has 3 aliphatic rings. The van der Waals surface area contributed by atoms with E-state index in [4.69, 9.17) is 4.74 Å². The summed E-state index contributed by atoms with van der Waals surface area (Å²) in [5, 5.41) is 23.9. The zero-order valence-electron chi connectivity index (χ0n) is 19.5. The van der Waals surface area contributed by atoms with Gasteiger partial charge in [-0.3, -0.25) is 4.79 Å². The molecule has 0 spiro atoms. The summed E-state index contributed by atoms with van der Waals surface area (Å²) in [5.74, 6) is 1.27. The number of nitrogens with one attached hydrogen (secondary N) is 1. The normalized spacial score (nSPS) is 29.8. The number of aromatic hydroxyl groups is 1. The Morgan fingerprint density at radius 1 is 1.16 bits per heavy atom. The standard InChI is InChI=1S/C26H37NO4/c1-25(2,3)16-13-21(29)23-19-12-15(24(30)27-17-7-9-18(28)10-8-17)6-11-20(19)26(4,5)31-22(23)14-16/h6,13-14,17-20,28-29H,7-12H2,1-5H3,(H,27,30)/t17?,18?,19?,20-/m1/s1. The molecule has 1 heterocycles. The highest BCUT2D eigenvalue weighted by Gasteiger charge is 2.47. The second-order valence-electron chi connectivity index (χ2n) is 11.2. The van der Waals surface area contributed by atoms with Crippen LogP contribution in [0.4, 0.5) is 0 Å². The van der Waals surface area contributed by atoms with Crippen molar-refractivity contribution >= 4 is 5.91 Å². The van der Waals surface area contributed by atoms with Crippen LogP contribution in [0, 0.1) is 5.92 Å². The van der Waals surface area contributed by atoms with Crippen LogP contribution in [-0.4, -0.2) is 33.9 Å². The topological polar surface area (TPSA) is 78.8 Å². The number of phenolic OH excluding ortho intramolecular Hbond substituents is 1. The monoisotopic (exact) mass is 427 g/mol. The lowest BCUT2D eigenvalue weighted by Gasteiger charge is -2.47. The zero-order chi connectivity index (χ0) is 22.6. The highest BCUT2D eigenvalue weighted by molar-refractivity contribution is 5.94. The first-order chi connectivity index (χ1) is 14.5. The molecule has 0 aromatic heterocycles. The fourth-order valence-corrected chi connectivity index (χ4v) is 5.51. The number of amides is 1. The molecule has 170 valence electrons. The maximum absolute atomic E-state index is 13.0. The van der Waals surface area contributed by atoms with E-state index in [2.05, 4.69) is 52.1 Å². The van der Waals surface area contributed by atoms with Gasteiger partial charge < -0.3 is 20.3 Å². The summed E-state index contributed by atoms with van der Waals surface area (Å²) in [5.41, 5.74) is 2.22. The third-order valence-electron chi connectivity index (χ3n) is 7.49. The largest absolute Gasteiger partial charge is 0.508 e.